The molecule has 0 unspecified atom stereocenters. The molecule has 0 bridgehead atoms. The molecule has 6 heteroatoms. The number of ether oxygens (including phenoxy) is 1. The molecule has 0 aliphatic carbocycles. The van der Waals surface area contributed by atoms with E-state index in [9.17, 15) is 15.0 Å². The Kier molecular flexibility index (Phi) is 4.18. The van der Waals surface area contributed by atoms with E-state index >= 15 is 0 Å². The molecule has 134 valence electrons. The van der Waals surface area contributed by atoms with Gasteiger partial charge in [-0.3, -0.25) is 0 Å². The first kappa shape index (κ1) is 16.9. The molecule has 4 rings (SSSR count). The van der Waals surface area contributed by atoms with Crippen molar-refractivity contribution in [1.82, 2.24) is 0 Å². The van der Waals surface area contributed by atoms with Crippen molar-refractivity contribution in [3.05, 3.63) is 72.3 Å². The highest BCUT2D eigenvalue weighted by molar-refractivity contribution is 7.22. The summed E-state index contributed by atoms with van der Waals surface area (Å²) in [5.41, 5.74) is 1.05. The summed E-state index contributed by atoms with van der Waals surface area (Å²) in [5, 5.41) is 29.2. The fraction of sp³-hybridized carbons (Fsp3) is 0. The van der Waals surface area contributed by atoms with E-state index in [4.69, 9.17) is 9.84 Å². The van der Waals surface area contributed by atoms with Crippen LogP contribution in [0, 0.1) is 0 Å². The number of benzene rings is 3. The van der Waals surface area contributed by atoms with Gasteiger partial charge < -0.3 is 20.1 Å². The molecule has 3 aromatic carbocycles. The predicted octanol–water partition coefficient (Wildman–Crippen LogP) is 5.47. The lowest BCUT2D eigenvalue weighted by Crippen LogP contribution is -1.95. The number of thiophene rings is 1. The second kappa shape index (κ2) is 6.66. The van der Waals surface area contributed by atoms with Crippen molar-refractivity contribution in [1.29, 1.82) is 0 Å². The van der Waals surface area contributed by atoms with Crippen molar-refractivity contribution in [2.24, 2.45) is 0 Å². The largest absolute Gasteiger partial charge is 0.508 e. The van der Waals surface area contributed by atoms with Gasteiger partial charge in [-0.2, -0.15) is 0 Å². The molecule has 27 heavy (non-hydrogen) atoms. The number of carbonyl (C=O) groups is 1. The zero-order chi connectivity index (χ0) is 19.0. The first-order valence-electron chi connectivity index (χ1n) is 8.07. The second-order valence-electron chi connectivity index (χ2n) is 5.92. The van der Waals surface area contributed by atoms with Crippen LogP contribution in [0.3, 0.4) is 0 Å². The smallest absolute Gasteiger partial charge is 0.335 e. The maximum Gasteiger partial charge on any atom is 0.335 e. The fourth-order valence-corrected chi connectivity index (χ4v) is 3.92. The average molecular weight is 378 g/mol. The monoisotopic (exact) mass is 378 g/mol. The average Bonchev–Trinajstić information content (AvgIpc) is 3.00. The summed E-state index contributed by atoms with van der Waals surface area (Å²) in [7, 11) is 0. The van der Waals surface area contributed by atoms with Crippen molar-refractivity contribution < 1.29 is 24.9 Å². The molecule has 5 nitrogen and oxygen atoms in total. The van der Waals surface area contributed by atoms with Crippen molar-refractivity contribution >= 4 is 27.4 Å². The highest BCUT2D eigenvalue weighted by atomic mass is 32.1. The van der Waals surface area contributed by atoms with Crippen molar-refractivity contribution in [3.8, 4) is 33.4 Å². The SMILES string of the molecule is O=C(O)c1ccc(Oc2c(-c3ccc(O)cc3)sc3cc(O)ccc23)cc1. The van der Waals surface area contributed by atoms with E-state index < -0.39 is 5.97 Å². The molecule has 0 aliphatic heterocycles. The Morgan fingerprint density at radius 1 is 0.852 bits per heavy atom. The highest BCUT2D eigenvalue weighted by Gasteiger charge is 2.17. The molecule has 3 N–H and O–H groups in total. The third kappa shape index (κ3) is 3.30. The van der Waals surface area contributed by atoms with Crippen molar-refractivity contribution in [2.75, 3.05) is 0 Å². The molecule has 0 atom stereocenters. The maximum atomic E-state index is 11.0. The Morgan fingerprint density at radius 3 is 2.19 bits per heavy atom. The number of fused-ring (bicyclic) bond motifs is 1. The molecule has 4 aromatic rings. The molecule has 0 saturated heterocycles. The fourth-order valence-electron chi connectivity index (χ4n) is 2.75. The molecule has 1 heterocycles. The summed E-state index contributed by atoms with van der Waals surface area (Å²) < 4.78 is 6.95. The van der Waals surface area contributed by atoms with Gasteiger partial charge in [-0.15, -0.1) is 11.3 Å². The zero-order valence-corrected chi connectivity index (χ0v) is 14.7. The van der Waals surface area contributed by atoms with Gasteiger partial charge in [0, 0.05) is 10.1 Å². The van der Waals surface area contributed by atoms with Crippen LogP contribution in [0.5, 0.6) is 23.0 Å². The van der Waals surface area contributed by atoms with Crippen molar-refractivity contribution in [3.63, 3.8) is 0 Å². The van der Waals surface area contributed by atoms with Gasteiger partial charge >= 0.3 is 5.97 Å². The summed E-state index contributed by atoms with van der Waals surface area (Å²) in [6.07, 6.45) is 0. The van der Waals surface area contributed by atoms with E-state index in [2.05, 4.69) is 0 Å². The van der Waals surface area contributed by atoms with Gasteiger partial charge in [0.25, 0.3) is 0 Å². The Bertz CT molecular complexity index is 1130. The molecule has 0 fully saturated rings. The quantitative estimate of drug-likeness (QED) is 0.438. The van der Waals surface area contributed by atoms with Crippen LogP contribution < -0.4 is 4.74 Å². The number of carboxylic acid groups (broad SMARTS) is 1. The van der Waals surface area contributed by atoms with Crippen LogP contribution in [0.15, 0.2) is 66.7 Å². The Labute approximate surface area is 158 Å². The van der Waals surface area contributed by atoms with Crippen LogP contribution in [0.2, 0.25) is 0 Å². The van der Waals surface area contributed by atoms with E-state index in [0.717, 1.165) is 20.5 Å². The lowest BCUT2D eigenvalue weighted by Gasteiger charge is -2.09. The molecule has 0 spiro atoms. The Hall–Kier alpha value is -3.51. The number of hydrogen-bond donors (Lipinski definition) is 3. The minimum absolute atomic E-state index is 0.165. The van der Waals surface area contributed by atoms with E-state index in [1.54, 1.807) is 54.6 Å². The molecule has 1 aromatic heterocycles. The molecule has 0 saturated carbocycles. The molecular weight excluding hydrogens is 364 g/mol. The molecule has 0 amide bonds. The number of rotatable bonds is 4. The van der Waals surface area contributed by atoms with Gasteiger partial charge in [-0.25, -0.2) is 4.79 Å². The topological polar surface area (TPSA) is 87.0 Å². The summed E-state index contributed by atoms with van der Waals surface area (Å²) >= 11 is 1.46. The van der Waals surface area contributed by atoms with Gasteiger partial charge in [0.15, 0.2) is 5.75 Å². The number of hydrogen-bond acceptors (Lipinski definition) is 5. The van der Waals surface area contributed by atoms with Crippen LogP contribution in [-0.4, -0.2) is 21.3 Å². The maximum absolute atomic E-state index is 11.0. The highest BCUT2D eigenvalue weighted by Crippen LogP contribution is 2.47. The van der Waals surface area contributed by atoms with E-state index in [-0.39, 0.29) is 17.1 Å². The molecule has 0 aliphatic rings. The van der Waals surface area contributed by atoms with E-state index in [1.807, 2.05) is 0 Å². The zero-order valence-electron chi connectivity index (χ0n) is 13.9. The third-order valence-electron chi connectivity index (χ3n) is 4.08. The van der Waals surface area contributed by atoms with E-state index in [1.165, 1.54) is 23.5 Å². The Morgan fingerprint density at radius 2 is 1.52 bits per heavy atom. The molecule has 0 radical (unpaired) electrons. The van der Waals surface area contributed by atoms with E-state index in [0.29, 0.717) is 11.5 Å². The minimum atomic E-state index is -0.997. The van der Waals surface area contributed by atoms with Crippen LogP contribution in [0.25, 0.3) is 20.5 Å². The summed E-state index contributed by atoms with van der Waals surface area (Å²) in [4.78, 5) is 11.9. The lowest BCUT2D eigenvalue weighted by molar-refractivity contribution is 0.0697. The number of phenols is 2. The van der Waals surface area contributed by atoms with Crippen LogP contribution in [-0.2, 0) is 0 Å². The summed E-state index contributed by atoms with van der Waals surface area (Å²) in [6.45, 7) is 0. The third-order valence-corrected chi connectivity index (χ3v) is 5.26. The summed E-state index contributed by atoms with van der Waals surface area (Å²) in [5.74, 6) is 0.460. The second-order valence-corrected chi connectivity index (χ2v) is 6.97. The van der Waals surface area contributed by atoms with Crippen LogP contribution in [0.4, 0.5) is 0 Å². The number of phenolic OH excluding ortho intramolecular Hbond substituents is 2. The van der Waals surface area contributed by atoms with Gasteiger partial charge in [-0.1, -0.05) is 0 Å². The number of aromatic hydroxyl groups is 2. The normalized spacial score (nSPS) is 10.8. The van der Waals surface area contributed by atoms with Gasteiger partial charge in [0.1, 0.15) is 17.2 Å². The Balaban J connectivity index is 1.83. The van der Waals surface area contributed by atoms with Crippen molar-refractivity contribution in [2.45, 2.75) is 0 Å². The van der Waals surface area contributed by atoms with Crippen LogP contribution in [0.1, 0.15) is 10.4 Å². The van der Waals surface area contributed by atoms with Gasteiger partial charge in [0.2, 0.25) is 0 Å². The van der Waals surface area contributed by atoms with Crippen LogP contribution >= 0.6 is 11.3 Å². The lowest BCUT2D eigenvalue weighted by atomic mass is 10.1. The number of carboxylic acids is 1. The number of aromatic carboxylic acids is 1. The van der Waals surface area contributed by atoms with Gasteiger partial charge in [0.05, 0.1) is 10.4 Å². The predicted molar refractivity (Wildman–Crippen MR) is 104 cm³/mol. The minimum Gasteiger partial charge on any atom is -0.508 e. The first-order valence-corrected chi connectivity index (χ1v) is 8.89. The first-order chi connectivity index (χ1) is 13.0. The standard InChI is InChI=1S/C21H14O5S/c22-14-5-1-12(2-6-14)20-19(17-10-7-15(23)11-18(17)27-20)26-16-8-3-13(4-9-16)21(24)25/h1-11,22-23H,(H,24,25). The molecular formula is C21H14O5S. The summed E-state index contributed by atoms with van der Waals surface area (Å²) in [6, 6.07) is 18.0. The van der Waals surface area contributed by atoms with Gasteiger partial charge in [-0.05, 0) is 72.3 Å².